The van der Waals surface area contributed by atoms with Crippen molar-refractivity contribution in [1.82, 2.24) is 4.90 Å². The molecule has 0 unspecified atom stereocenters. The van der Waals surface area contributed by atoms with Crippen LogP contribution >= 0.6 is 31.9 Å². The van der Waals surface area contributed by atoms with Gasteiger partial charge in [-0.15, -0.1) is 0 Å². The largest absolute Gasteiger partial charge is 0.325 e. The number of carbonyl (C=O) groups is 1. The first-order chi connectivity index (χ1) is 11.6. The second kappa shape index (κ2) is 8.28. The Balaban J connectivity index is 1.51. The lowest BCUT2D eigenvalue weighted by atomic mass is 9.95. The third-order valence-electron chi connectivity index (χ3n) is 4.39. The molecule has 2 aromatic carbocycles. The molecule has 0 aliphatic carbocycles. The van der Waals surface area contributed by atoms with E-state index >= 15 is 0 Å². The fraction of sp³-hybridized carbons (Fsp3) is 0.316. The van der Waals surface area contributed by atoms with Crippen LogP contribution in [-0.4, -0.2) is 23.9 Å². The molecule has 5 heteroatoms. The molecule has 126 valence electrons. The molecule has 1 aliphatic heterocycles. The number of nitrogens with zero attached hydrogens (tertiary/aromatic N) is 1. The van der Waals surface area contributed by atoms with E-state index in [-0.39, 0.29) is 11.8 Å². The van der Waals surface area contributed by atoms with Crippen LogP contribution in [0.25, 0.3) is 0 Å². The highest BCUT2D eigenvalue weighted by Gasteiger charge is 2.25. The van der Waals surface area contributed by atoms with E-state index in [0.29, 0.717) is 0 Å². The Labute approximate surface area is 159 Å². The van der Waals surface area contributed by atoms with Crippen molar-refractivity contribution in [1.29, 1.82) is 0 Å². The van der Waals surface area contributed by atoms with Crippen LogP contribution in [0.5, 0.6) is 0 Å². The molecule has 3 rings (SSSR count). The van der Waals surface area contributed by atoms with E-state index in [0.717, 1.165) is 47.1 Å². The monoisotopic (exact) mass is 450 g/mol. The fourth-order valence-corrected chi connectivity index (χ4v) is 3.87. The van der Waals surface area contributed by atoms with Gasteiger partial charge in [0.05, 0.1) is 5.69 Å². The van der Waals surface area contributed by atoms with Gasteiger partial charge in [-0.25, -0.2) is 0 Å². The van der Waals surface area contributed by atoms with E-state index in [1.54, 1.807) is 0 Å². The Kier molecular flexibility index (Phi) is 6.09. The lowest BCUT2D eigenvalue weighted by Crippen LogP contribution is -2.37. The van der Waals surface area contributed by atoms with Gasteiger partial charge in [0.15, 0.2) is 0 Å². The second-order valence-electron chi connectivity index (χ2n) is 6.15. The molecule has 3 nitrogen and oxygen atoms in total. The van der Waals surface area contributed by atoms with Gasteiger partial charge in [0.25, 0.3) is 0 Å². The molecule has 0 spiro atoms. The standard InChI is InChI=1S/C19H20Br2N2O/c20-16-5-3-4-14(12-16)13-23-10-8-15(9-11-23)19(24)22-18-7-2-1-6-17(18)21/h1-7,12,15H,8-11,13H2,(H,22,24). The number of hydrogen-bond acceptors (Lipinski definition) is 2. The number of piperidine rings is 1. The van der Waals surface area contributed by atoms with Gasteiger partial charge in [-0.05, 0) is 71.7 Å². The Morgan fingerprint density at radius 3 is 2.54 bits per heavy atom. The van der Waals surface area contributed by atoms with Crippen molar-refractivity contribution in [3.8, 4) is 0 Å². The van der Waals surface area contributed by atoms with Crippen molar-refractivity contribution in [2.75, 3.05) is 18.4 Å². The molecule has 0 bridgehead atoms. The maximum absolute atomic E-state index is 12.5. The molecular weight excluding hydrogens is 432 g/mol. The minimum atomic E-state index is 0.0934. The first-order valence-electron chi connectivity index (χ1n) is 8.14. The second-order valence-corrected chi connectivity index (χ2v) is 7.92. The molecule has 0 aromatic heterocycles. The first-order valence-corrected chi connectivity index (χ1v) is 9.72. The van der Waals surface area contributed by atoms with Gasteiger partial charge in [0.2, 0.25) is 5.91 Å². The highest BCUT2D eigenvalue weighted by molar-refractivity contribution is 9.10. The molecule has 0 saturated carbocycles. The van der Waals surface area contributed by atoms with E-state index in [9.17, 15) is 4.79 Å². The summed E-state index contributed by atoms with van der Waals surface area (Å²) in [6.07, 6.45) is 1.81. The Morgan fingerprint density at radius 1 is 1.08 bits per heavy atom. The molecule has 0 radical (unpaired) electrons. The minimum absolute atomic E-state index is 0.0934. The third kappa shape index (κ3) is 4.68. The summed E-state index contributed by atoms with van der Waals surface area (Å²) in [6.45, 7) is 2.86. The summed E-state index contributed by atoms with van der Waals surface area (Å²) in [6, 6.07) is 16.2. The first kappa shape index (κ1) is 17.6. The molecule has 0 atom stereocenters. The summed E-state index contributed by atoms with van der Waals surface area (Å²) in [5, 5.41) is 3.04. The van der Waals surface area contributed by atoms with Gasteiger partial charge in [-0.3, -0.25) is 9.69 Å². The van der Waals surface area contributed by atoms with E-state index < -0.39 is 0 Å². The van der Waals surface area contributed by atoms with Crippen LogP contribution in [0.15, 0.2) is 57.5 Å². The number of benzene rings is 2. The predicted octanol–water partition coefficient (Wildman–Crippen LogP) is 5.06. The number of carbonyl (C=O) groups excluding carboxylic acids is 1. The van der Waals surface area contributed by atoms with Gasteiger partial charge >= 0.3 is 0 Å². The van der Waals surface area contributed by atoms with Crippen molar-refractivity contribution in [3.05, 3.63) is 63.0 Å². The molecule has 1 heterocycles. The fourth-order valence-electron chi connectivity index (χ4n) is 3.04. The average molecular weight is 452 g/mol. The lowest BCUT2D eigenvalue weighted by Gasteiger charge is -2.31. The van der Waals surface area contributed by atoms with Crippen LogP contribution in [0.2, 0.25) is 0 Å². The number of para-hydroxylation sites is 1. The molecule has 1 N–H and O–H groups in total. The summed E-state index contributed by atoms with van der Waals surface area (Å²) in [5.41, 5.74) is 2.15. The quantitative estimate of drug-likeness (QED) is 0.704. The average Bonchev–Trinajstić information content (AvgIpc) is 2.57. The molecule has 24 heavy (non-hydrogen) atoms. The number of hydrogen-bond donors (Lipinski definition) is 1. The van der Waals surface area contributed by atoms with Crippen molar-refractivity contribution in [2.24, 2.45) is 5.92 Å². The van der Waals surface area contributed by atoms with Gasteiger partial charge < -0.3 is 5.32 Å². The predicted molar refractivity (Wildman–Crippen MR) is 105 cm³/mol. The van der Waals surface area contributed by atoms with E-state index in [2.05, 4.69) is 60.3 Å². The molecule has 2 aromatic rings. The highest BCUT2D eigenvalue weighted by Crippen LogP contribution is 2.25. The summed E-state index contributed by atoms with van der Waals surface area (Å²) in [4.78, 5) is 14.9. The van der Waals surface area contributed by atoms with E-state index in [1.807, 2.05) is 30.3 Å². The summed E-state index contributed by atoms with van der Waals surface area (Å²) in [7, 11) is 0. The molecule has 1 saturated heterocycles. The third-order valence-corrected chi connectivity index (χ3v) is 5.57. The van der Waals surface area contributed by atoms with Crippen LogP contribution in [0.3, 0.4) is 0 Å². The number of rotatable bonds is 4. The van der Waals surface area contributed by atoms with Gasteiger partial charge in [0.1, 0.15) is 0 Å². The maximum atomic E-state index is 12.5. The van der Waals surface area contributed by atoms with Crippen molar-refractivity contribution >= 4 is 43.5 Å². The zero-order valence-corrected chi connectivity index (χ0v) is 16.5. The zero-order valence-electron chi connectivity index (χ0n) is 13.3. The Hall–Kier alpha value is -1.17. The number of halogens is 2. The van der Waals surface area contributed by atoms with Crippen LogP contribution in [0, 0.1) is 5.92 Å². The smallest absolute Gasteiger partial charge is 0.227 e. The zero-order chi connectivity index (χ0) is 16.9. The molecule has 1 aliphatic rings. The SMILES string of the molecule is O=C(Nc1ccccc1Br)C1CCN(Cc2cccc(Br)c2)CC1. The van der Waals surface area contributed by atoms with Crippen molar-refractivity contribution < 1.29 is 4.79 Å². The highest BCUT2D eigenvalue weighted by atomic mass is 79.9. The van der Waals surface area contributed by atoms with Gasteiger partial charge in [0, 0.05) is 21.4 Å². The maximum Gasteiger partial charge on any atom is 0.227 e. The topological polar surface area (TPSA) is 32.3 Å². The number of likely N-dealkylation sites (tertiary alicyclic amines) is 1. The molecular formula is C19H20Br2N2O. The summed E-state index contributed by atoms with van der Waals surface area (Å²) >= 11 is 6.99. The summed E-state index contributed by atoms with van der Waals surface area (Å²) in [5.74, 6) is 0.222. The minimum Gasteiger partial charge on any atom is -0.325 e. The Bertz CT molecular complexity index is 712. The number of anilines is 1. The van der Waals surface area contributed by atoms with Gasteiger partial charge in [-0.2, -0.15) is 0 Å². The van der Waals surface area contributed by atoms with Crippen LogP contribution in [0.1, 0.15) is 18.4 Å². The van der Waals surface area contributed by atoms with Crippen LogP contribution in [0.4, 0.5) is 5.69 Å². The number of amides is 1. The van der Waals surface area contributed by atoms with E-state index in [1.165, 1.54) is 5.56 Å². The van der Waals surface area contributed by atoms with Crippen molar-refractivity contribution in [2.45, 2.75) is 19.4 Å². The Morgan fingerprint density at radius 2 is 1.83 bits per heavy atom. The lowest BCUT2D eigenvalue weighted by molar-refractivity contribution is -0.121. The van der Waals surface area contributed by atoms with E-state index in [4.69, 9.17) is 0 Å². The van der Waals surface area contributed by atoms with Crippen LogP contribution in [-0.2, 0) is 11.3 Å². The van der Waals surface area contributed by atoms with Crippen LogP contribution < -0.4 is 5.32 Å². The number of nitrogens with one attached hydrogen (secondary N) is 1. The summed E-state index contributed by atoms with van der Waals surface area (Å²) < 4.78 is 2.04. The molecule has 1 amide bonds. The molecule has 1 fully saturated rings. The van der Waals surface area contributed by atoms with Crippen molar-refractivity contribution in [3.63, 3.8) is 0 Å². The normalized spacial score (nSPS) is 16.1. The van der Waals surface area contributed by atoms with Gasteiger partial charge in [-0.1, -0.05) is 40.2 Å².